The number of benzene rings is 2. The van der Waals surface area contributed by atoms with E-state index in [-0.39, 0.29) is 16.8 Å². The number of carbonyl (C=O) groups excluding carboxylic acids is 1. The molecule has 7 heteroatoms. The lowest BCUT2D eigenvalue weighted by Crippen LogP contribution is -2.30. The molecule has 0 fully saturated rings. The third-order valence-electron chi connectivity index (χ3n) is 5.12. The average molecular weight is 437 g/mol. The lowest BCUT2D eigenvalue weighted by atomic mass is 9.98. The van der Waals surface area contributed by atoms with Crippen LogP contribution in [-0.2, 0) is 0 Å². The molecule has 0 spiro atoms. The van der Waals surface area contributed by atoms with Gasteiger partial charge in [0.25, 0.3) is 5.91 Å². The molecule has 1 unspecified atom stereocenters. The maximum absolute atomic E-state index is 13.5. The number of hydrogen-bond acceptors (Lipinski definition) is 4. The van der Waals surface area contributed by atoms with E-state index in [1.54, 1.807) is 42.5 Å². The predicted molar refractivity (Wildman–Crippen MR) is 117 cm³/mol. The minimum atomic E-state index is -0.722. The van der Waals surface area contributed by atoms with E-state index in [0.717, 1.165) is 5.69 Å². The fraction of sp³-hybridized carbons (Fsp3) is 0.0870. The molecule has 0 saturated carbocycles. The van der Waals surface area contributed by atoms with E-state index >= 15 is 0 Å². The van der Waals surface area contributed by atoms with Crippen LogP contribution >= 0.6 is 23.2 Å². The number of fused-ring (bicyclic) bond motifs is 2. The van der Waals surface area contributed by atoms with Crippen molar-refractivity contribution in [2.24, 2.45) is 0 Å². The van der Waals surface area contributed by atoms with Crippen LogP contribution in [0.5, 0.6) is 0 Å². The number of hydrogen-bond donors (Lipinski definition) is 0. The number of anilines is 1. The van der Waals surface area contributed by atoms with E-state index in [2.05, 4.69) is 4.98 Å². The summed E-state index contributed by atoms with van der Waals surface area (Å²) in [4.78, 5) is 32.9. The smallest absolute Gasteiger partial charge is 0.296 e. The molecule has 0 radical (unpaired) electrons. The lowest BCUT2D eigenvalue weighted by Gasteiger charge is -2.24. The van der Waals surface area contributed by atoms with Crippen LogP contribution in [0.15, 0.2) is 69.9 Å². The Balaban J connectivity index is 1.84. The van der Waals surface area contributed by atoms with Crippen molar-refractivity contribution in [3.8, 4) is 0 Å². The van der Waals surface area contributed by atoms with E-state index in [9.17, 15) is 9.59 Å². The summed E-state index contributed by atoms with van der Waals surface area (Å²) in [7, 11) is 0. The Labute approximate surface area is 181 Å². The topological polar surface area (TPSA) is 63.4 Å². The second-order valence-electron chi connectivity index (χ2n) is 7.08. The lowest BCUT2D eigenvalue weighted by molar-refractivity contribution is 0.0970. The molecule has 2 aromatic carbocycles. The van der Waals surface area contributed by atoms with Gasteiger partial charge in [0, 0.05) is 15.7 Å². The molecule has 5 rings (SSSR count). The predicted octanol–water partition coefficient (Wildman–Crippen LogP) is 5.55. The van der Waals surface area contributed by atoms with E-state index in [1.807, 2.05) is 25.1 Å². The molecule has 1 aliphatic rings. The monoisotopic (exact) mass is 436 g/mol. The van der Waals surface area contributed by atoms with Crippen molar-refractivity contribution in [3.63, 3.8) is 0 Å². The zero-order valence-electron chi connectivity index (χ0n) is 15.7. The number of aryl methyl sites for hydroxylation is 1. The molecular weight excluding hydrogens is 423 g/mol. The Kier molecular flexibility index (Phi) is 4.38. The summed E-state index contributed by atoms with van der Waals surface area (Å²) in [5, 5.41) is 1.23. The second-order valence-corrected chi connectivity index (χ2v) is 7.96. The molecule has 0 aliphatic carbocycles. The molecule has 0 N–H and O–H groups in total. The molecule has 30 heavy (non-hydrogen) atoms. The minimum absolute atomic E-state index is 0.00287. The van der Waals surface area contributed by atoms with Gasteiger partial charge in [-0.05, 0) is 55.0 Å². The maximum Gasteiger partial charge on any atom is 0.296 e. The third-order valence-corrected chi connectivity index (χ3v) is 5.59. The van der Waals surface area contributed by atoms with E-state index < -0.39 is 11.9 Å². The average Bonchev–Trinajstić information content (AvgIpc) is 3.01. The van der Waals surface area contributed by atoms with Gasteiger partial charge in [-0.15, -0.1) is 0 Å². The van der Waals surface area contributed by atoms with Gasteiger partial charge in [-0.3, -0.25) is 14.5 Å². The van der Waals surface area contributed by atoms with E-state index in [4.69, 9.17) is 27.6 Å². The zero-order valence-corrected chi connectivity index (χ0v) is 17.2. The Morgan fingerprint density at radius 3 is 2.50 bits per heavy atom. The number of aromatic nitrogens is 1. The quantitative estimate of drug-likeness (QED) is 0.412. The van der Waals surface area contributed by atoms with Gasteiger partial charge in [-0.2, -0.15) is 0 Å². The summed E-state index contributed by atoms with van der Waals surface area (Å²) in [5.41, 5.74) is 1.69. The number of amides is 1. The number of nitrogens with zero attached hydrogens (tertiary/aromatic N) is 2. The van der Waals surface area contributed by atoms with Gasteiger partial charge in [0.2, 0.25) is 5.76 Å². The van der Waals surface area contributed by atoms with Gasteiger partial charge in [-0.25, -0.2) is 4.98 Å². The highest BCUT2D eigenvalue weighted by Gasteiger charge is 2.44. The highest BCUT2D eigenvalue weighted by Crippen LogP contribution is 2.41. The molecule has 0 saturated heterocycles. The van der Waals surface area contributed by atoms with Crippen molar-refractivity contribution in [2.45, 2.75) is 13.0 Å². The van der Waals surface area contributed by atoms with Gasteiger partial charge < -0.3 is 4.42 Å². The summed E-state index contributed by atoms with van der Waals surface area (Å²) in [6.45, 7) is 1.84. The van der Waals surface area contributed by atoms with Gasteiger partial charge in [0.1, 0.15) is 11.4 Å². The molecule has 0 bridgehead atoms. The van der Waals surface area contributed by atoms with Gasteiger partial charge in [0.05, 0.1) is 17.0 Å². The fourth-order valence-electron chi connectivity index (χ4n) is 3.84. The molecular formula is C23H14Cl2N2O3. The van der Waals surface area contributed by atoms with Gasteiger partial charge >= 0.3 is 0 Å². The van der Waals surface area contributed by atoms with Crippen molar-refractivity contribution < 1.29 is 9.21 Å². The van der Waals surface area contributed by atoms with Crippen molar-refractivity contribution in [1.82, 2.24) is 4.98 Å². The van der Waals surface area contributed by atoms with Crippen LogP contribution in [0.2, 0.25) is 10.0 Å². The summed E-state index contributed by atoms with van der Waals surface area (Å²) in [6, 6.07) is 16.5. The first kappa shape index (κ1) is 18.9. The number of halogens is 2. The highest BCUT2D eigenvalue weighted by atomic mass is 35.5. The Bertz CT molecular complexity index is 1400. The van der Waals surface area contributed by atoms with Crippen molar-refractivity contribution in [3.05, 3.63) is 104 Å². The van der Waals surface area contributed by atoms with E-state index in [0.29, 0.717) is 32.4 Å². The van der Waals surface area contributed by atoms with Crippen LogP contribution in [0.3, 0.4) is 0 Å². The molecule has 4 aromatic rings. The molecule has 148 valence electrons. The first-order chi connectivity index (χ1) is 14.4. The van der Waals surface area contributed by atoms with Crippen LogP contribution in [0.4, 0.5) is 5.82 Å². The highest BCUT2D eigenvalue weighted by molar-refractivity contribution is 6.31. The third kappa shape index (κ3) is 2.90. The number of rotatable bonds is 2. The minimum Gasteiger partial charge on any atom is -0.450 e. The summed E-state index contributed by atoms with van der Waals surface area (Å²) < 4.78 is 5.91. The summed E-state index contributed by atoms with van der Waals surface area (Å²) in [5.74, 6) is 0.00277. The van der Waals surface area contributed by atoms with E-state index in [1.165, 1.54) is 4.90 Å². The largest absolute Gasteiger partial charge is 0.450 e. The summed E-state index contributed by atoms with van der Waals surface area (Å²) >= 11 is 12.3. The SMILES string of the molecule is Cc1cccc(N2C(=O)c3oc4ccc(Cl)cc4c(=O)c3C2c2cccc(Cl)c2)n1. The normalized spacial score (nSPS) is 15.6. The standard InChI is InChI=1S/C23H14Cl2N2O3/c1-12-4-2-7-18(26-12)27-20(13-5-3-6-14(24)10-13)19-21(28)16-11-15(25)8-9-17(16)30-22(19)23(27)29/h2-11,20H,1H3. The summed E-state index contributed by atoms with van der Waals surface area (Å²) in [6.07, 6.45) is 0. The first-order valence-corrected chi connectivity index (χ1v) is 9.98. The Hall–Kier alpha value is -3.15. The molecule has 5 nitrogen and oxygen atoms in total. The Morgan fingerprint density at radius 1 is 0.967 bits per heavy atom. The number of pyridine rings is 1. The van der Waals surface area contributed by atoms with Gasteiger partial charge in [0.15, 0.2) is 5.43 Å². The first-order valence-electron chi connectivity index (χ1n) is 9.23. The van der Waals surface area contributed by atoms with Gasteiger partial charge in [-0.1, -0.05) is 41.4 Å². The van der Waals surface area contributed by atoms with Crippen LogP contribution in [0, 0.1) is 6.92 Å². The van der Waals surface area contributed by atoms with Crippen LogP contribution < -0.4 is 10.3 Å². The molecule has 1 atom stereocenters. The van der Waals surface area contributed by atoms with Crippen molar-refractivity contribution in [2.75, 3.05) is 4.90 Å². The molecule has 1 aliphatic heterocycles. The second kappa shape index (κ2) is 6.97. The molecule has 2 aromatic heterocycles. The number of carbonyl (C=O) groups is 1. The van der Waals surface area contributed by atoms with Crippen LogP contribution in [-0.4, -0.2) is 10.9 Å². The Morgan fingerprint density at radius 2 is 1.73 bits per heavy atom. The molecule has 3 heterocycles. The van der Waals surface area contributed by atoms with Crippen LogP contribution in [0.25, 0.3) is 11.0 Å². The molecule has 1 amide bonds. The van der Waals surface area contributed by atoms with Crippen molar-refractivity contribution >= 4 is 45.9 Å². The zero-order chi connectivity index (χ0) is 21.0. The van der Waals surface area contributed by atoms with Crippen molar-refractivity contribution in [1.29, 1.82) is 0 Å². The maximum atomic E-state index is 13.5. The van der Waals surface area contributed by atoms with Crippen LogP contribution in [0.1, 0.15) is 33.4 Å². The fourth-order valence-corrected chi connectivity index (χ4v) is 4.21.